The standard InChI is InChI=1S/C18H24N4O2S2/c1-4-11(3)21-18(24)22-14(23)8-25-16-15-12-6-5-10(2)7-13(12)26-17(15)20-9-19-16/h9-11H,4-8H2,1-3H3,(H2,21,22,23,24)/t10-,11+/m0/s1. The first kappa shape index (κ1) is 19.1. The summed E-state index contributed by atoms with van der Waals surface area (Å²) in [7, 11) is 0. The molecule has 0 aliphatic heterocycles. The van der Waals surface area contributed by atoms with Gasteiger partial charge in [-0.25, -0.2) is 14.8 Å². The van der Waals surface area contributed by atoms with Crippen LogP contribution in [0.4, 0.5) is 4.79 Å². The number of nitrogens with one attached hydrogen (secondary N) is 2. The molecular formula is C18H24N4O2S2. The van der Waals surface area contributed by atoms with Crippen molar-refractivity contribution in [3.63, 3.8) is 0 Å². The van der Waals surface area contributed by atoms with Crippen LogP contribution < -0.4 is 10.6 Å². The average molecular weight is 393 g/mol. The minimum atomic E-state index is -0.445. The van der Waals surface area contributed by atoms with E-state index in [1.165, 1.54) is 28.6 Å². The smallest absolute Gasteiger partial charge is 0.321 e. The summed E-state index contributed by atoms with van der Waals surface area (Å²) in [6.45, 7) is 6.16. The zero-order valence-electron chi connectivity index (χ0n) is 15.3. The molecule has 1 aliphatic carbocycles. The van der Waals surface area contributed by atoms with Crippen molar-refractivity contribution in [2.45, 2.75) is 57.5 Å². The normalized spacial score (nSPS) is 17.6. The number of rotatable bonds is 5. The predicted octanol–water partition coefficient (Wildman–Crippen LogP) is 3.53. The van der Waals surface area contributed by atoms with Gasteiger partial charge in [-0.15, -0.1) is 11.3 Å². The molecule has 140 valence electrons. The Morgan fingerprint density at radius 3 is 3.00 bits per heavy atom. The second-order valence-electron chi connectivity index (χ2n) is 6.83. The van der Waals surface area contributed by atoms with Crippen LogP contribution in [0.3, 0.4) is 0 Å². The number of imide groups is 1. The van der Waals surface area contributed by atoms with E-state index < -0.39 is 6.03 Å². The Hall–Kier alpha value is -1.67. The van der Waals surface area contributed by atoms with Crippen LogP contribution in [0, 0.1) is 5.92 Å². The van der Waals surface area contributed by atoms with Gasteiger partial charge in [-0.3, -0.25) is 10.1 Å². The lowest BCUT2D eigenvalue weighted by Crippen LogP contribution is -2.43. The third-order valence-corrected chi connectivity index (χ3v) is 6.79. The summed E-state index contributed by atoms with van der Waals surface area (Å²) in [5.74, 6) is 0.538. The summed E-state index contributed by atoms with van der Waals surface area (Å²) in [6.07, 6.45) is 5.69. The van der Waals surface area contributed by atoms with Gasteiger partial charge >= 0.3 is 6.03 Å². The number of thioether (sulfide) groups is 1. The van der Waals surface area contributed by atoms with Crippen LogP contribution in [0.2, 0.25) is 0 Å². The molecule has 2 N–H and O–H groups in total. The number of urea groups is 1. The fourth-order valence-corrected chi connectivity index (χ4v) is 5.25. The van der Waals surface area contributed by atoms with Crippen LogP contribution in [-0.2, 0) is 17.6 Å². The van der Waals surface area contributed by atoms with Crippen LogP contribution >= 0.6 is 23.1 Å². The summed E-state index contributed by atoms with van der Waals surface area (Å²) >= 11 is 3.11. The van der Waals surface area contributed by atoms with E-state index in [2.05, 4.69) is 27.5 Å². The SMILES string of the molecule is CC[C@@H](C)NC(=O)NC(=O)CSc1ncnc2sc3c(c12)CC[C@H](C)C3. The highest BCUT2D eigenvalue weighted by molar-refractivity contribution is 8.00. The summed E-state index contributed by atoms with van der Waals surface area (Å²) in [6, 6.07) is -0.406. The molecule has 0 saturated carbocycles. The first-order chi connectivity index (χ1) is 12.5. The summed E-state index contributed by atoms with van der Waals surface area (Å²) in [4.78, 5) is 35.0. The first-order valence-corrected chi connectivity index (χ1v) is 10.8. The van der Waals surface area contributed by atoms with Crippen molar-refractivity contribution in [3.05, 3.63) is 16.8 Å². The van der Waals surface area contributed by atoms with Gasteiger partial charge in [0.05, 0.1) is 5.75 Å². The molecule has 0 radical (unpaired) electrons. The van der Waals surface area contributed by atoms with E-state index in [4.69, 9.17) is 0 Å². The summed E-state index contributed by atoms with van der Waals surface area (Å²) in [5, 5.41) is 7.03. The van der Waals surface area contributed by atoms with E-state index >= 15 is 0 Å². The summed E-state index contributed by atoms with van der Waals surface area (Å²) in [5.41, 5.74) is 1.35. The Kier molecular flexibility index (Phi) is 6.13. The number of hydrogen-bond donors (Lipinski definition) is 2. The average Bonchev–Trinajstić information content (AvgIpc) is 2.97. The number of carbonyl (C=O) groups is 2. The predicted molar refractivity (Wildman–Crippen MR) is 106 cm³/mol. The molecule has 2 aromatic heterocycles. The molecule has 6 nitrogen and oxygen atoms in total. The number of carbonyl (C=O) groups excluding carboxylic acids is 2. The molecule has 2 aromatic rings. The number of thiophene rings is 1. The maximum absolute atomic E-state index is 12.1. The zero-order chi connectivity index (χ0) is 18.7. The van der Waals surface area contributed by atoms with Crippen molar-refractivity contribution in [3.8, 4) is 0 Å². The highest BCUT2D eigenvalue weighted by atomic mass is 32.2. The van der Waals surface area contributed by atoms with Crippen LogP contribution in [0.1, 0.15) is 44.1 Å². The van der Waals surface area contributed by atoms with Crippen molar-refractivity contribution in [2.75, 3.05) is 5.75 Å². The second-order valence-corrected chi connectivity index (χ2v) is 8.88. The van der Waals surface area contributed by atoms with Crippen LogP contribution in [0.5, 0.6) is 0 Å². The van der Waals surface area contributed by atoms with Gasteiger partial charge in [-0.1, -0.05) is 25.6 Å². The van der Waals surface area contributed by atoms with E-state index in [-0.39, 0.29) is 17.7 Å². The van der Waals surface area contributed by atoms with E-state index in [1.807, 2.05) is 13.8 Å². The Morgan fingerprint density at radius 1 is 1.42 bits per heavy atom. The highest BCUT2D eigenvalue weighted by Gasteiger charge is 2.23. The highest BCUT2D eigenvalue weighted by Crippen LogP contribution is 2.40. The van der Waals surface area contributed by atoms with Crippen molar-refractivity contribution in [1.29, 1.82) is 0 Å². The van der Waals surface area contributed by atoms with E-state index in [1.54, 1.807) is 17.7 Å². The lowest BCUT2D eigenvalue weighted by Gasteiger charge is -2.18. The molecule has 26 heavy (non-hydrogen) atoms. The van der Waals surface area contributed by atoms with Gasteiger partial charge in [-0.2, -0.15) is 0 Å². The van der Waals surface area contributed by atoms with Gasteiger partial charge in [-0.05, 0) is 44.1 Å². The molecule has 2 heterocycles. The van der Waals surface area contributed by atoms with E-state index in [0.717, 1.165) is 34.5 Å². The molecule has 3 amide bonds. The van der Waals surface area contributed by atoms with Crippen LogP contribution in [0.25, 0.3) is 10.2 Å². The molecule has 0 saturated heterocycles. The minimum Gasteiger partial charge on any atom is -0.335 e. The second kappa shape index (κ2) is 8.35. The maximum atomic E-state index is 12.1. The van der Waals surface area contributed by atoms with Gasteiger partial charge < -0.3 is 5.32 Å². The van der Waals surface area contributed by atoms with Crippen molar-refractivity contribution in [2.24, 2.45) is 5.92 Å². The van der Waals surface area contributed by atoms with Crippen LogP contribution in [-0.4, -0.2) is 33.7 Å². The van der Waals surface area contributed by atoms with Gasteiger partial charge in [0.15, 0.2) is 0 Å². The lowest BCUT2D eigenvalue weighted by molar-refractivity contribution is -0.117. The third kappa shape index (κ3) is 4.35. The molecule has 0 bridgehead atoms. The Balaban J connectivity index is 1.68. The van der Waals surface area contributed by atoms with Gasteiger partial charge in [0.25, 0.3) is 0 Å². The molecule has 0 fully saturated rings. The fraction of sp³-hybridized carbons (Fsp3) is 0.556. The Morgan fingerprint density at radius 2 is 2.23 bits per heavy atom. The minimum absolute atomic E-state index is 0.0386. The van der Waals surface area contributed by atoms with Gasteiger partial charge in [0.2, 0.25) is 5.91 Å². The Bertz CT molecular complexity index is 821. The molecule has 3 rings (SSSR count). The largest absolute Gasteiger partial charge is 0.335 e. The molecule has 1 aliphatic rings. The van der Waals surface area contributed by atoms with Crippen molar-refractivity contribution >= 4 is 45.3 Å². The maximum Gasteiger partial charge on any atom is 0.321 e. The number of aryl methyl sites for hydroxylation is 1. The molecular weight excluding hydrogens is 368 g/mol. The summed E-state index contributed by atoms with van der Waals surface area (Å²) < 4.78 is 0. The monoisotopic (exact) mass is 392 g/mol. The number of amides is 3. The van der Waals surface area contributed by atoms with Crippen molar-refractivity contribution < 1.29 is 9.59 Å². The lowest BCUT2D eigenvalue weighted by atomic mass is 9.89. The third-order valence-electron chi connectivity index (χ3n) is 4.64. The quantitative estimate of drug-likeness (QED) is 0.601. The molecule has 0 spiro atoms. The van der Waals surface area contributed by atoms with Gasteiger partial charge in [0.1, 0.15) is 16.2 Å². The molecule has 8 heteroatoms. The molecule has 0 unspecified atom stereocenters. The van der Waals surface area contributed by atoms with Crippen molar-refractivity contribution in [1.82, 2.24) is 20.6 Å². The number of aromatic nitrogens is 2. The number of nitrogens with zero attached hydrogens (tertiary/aromatic N) is 2. The molecule has 0 aromatic carbocycles. The topological polar surface area (TPSA) is 84.0 Å². The van der Waals surface area contributed by atoms with E-state index in [9.17, 15) is 9.59 Å². The zero-order valence-corrected chi connectivity index (χ0v) is 16.9. The Labute approximate surface area is 161 Å². The van der Waals surface area contributed by atoms with E-state index in [0.29, 0.717) is 5.92 Å². The number of fused-ring (bicyclic) bond motifs is 3. The number of hydrogen-bond acceptors (Lipinski definition) is 6. The molecule has 2 atom stereocenters. The van der Waals surface area contributed by atoms with Gasteiger partial charge in [0, 0.05) is 16.3 Å². The first-order valence-electron chi connectivity index (χ1n) is 8.96. The fourth-order valence-electron chi connectivity index (χ4n) is 3.01. The van der Waals surface area contributed by atoms with Crippen LogP contribution in [0.15, 0.2) is 11.4 Å².